The van der Waals surface area contributed by atoms with Crippen molar-refractivity contribution in [3.63, 3.8) is 0 Å². The molecule has 3 atom stereocenters. The minimum absolute atomic E-state index is 0.0446. The molecule has 0 amide bonds. The Morgan fingerprint density at radius 3 is 2.79 bits per heavy atom. The van der Waals surface area contributed by atoms with Crippen molar-refractivity contribution in [1.29, 1.82) is 0 Å². The molecule has 24 heavy (non-hydrogen) atoms. The highest BCUT2D eigenvalue weighted by Gasteiger charge is 2.54. The van der Waals surface area contributed by atoms with Crippen LogP contribution in [0.3, 0.4) is 0 Å². The normalized spacial score (nSPS) is 30.2. The van der Waals surface area contributed by atoms with Crippen LogP contribution in [0.5, 0.6) is 0 Å². The molecule has 2 rings (SSSR count). The maximum Gasteiger partial charge on any atom is 0.308 e. The first-order valence-corrected chi connectivity index (χ1v) is 7.81. The highest BCUT2D eigenvalue weighted by atomic mass is 16.7. The van der Waals surface area contributed by atoms with E-state index >= 15 is 0 Å². The van der Waals surface area contributed by atoms with Crippen LogP contribution in [0.25, 0.3) is 0 Å². The van der Waals surface area contributed by atoms with Crippen molar-refractivity contribution >= 4 is 18.2 Å². The number of fused-ring (bicyclic) bond motifs is 1. The van der Waals surface area contributed by atoms with E-state index in [1.54, 1.807) is 6.08 Å². The summed E-state index contributed by atoms with van der Waals surface area (Å²) in [6.07, 6.45) is 2.91. The zero-order valence-corrected chi connectivity index (χ0v) is 14.0. The smallest absolute Gasteiger partial charge is 0.308 e. The Morgan fingerprint density at radius 2 is 2.21 bits per heavy atom. The van der Waals surface area contributed by atoms with Gasteiger partial charge in [-0.3, -0.25) is 14.4 Å². The van der Waals surface area contributed by atoms with E-state index in [1.165, 1.54) is 13.0 Å². The second kappa shape index (κ2) is 7.27. The molecule has 132 valence electrons. The molecule has 0 bridgehead atoms. The lowest BCUT2D eigenvalue weighted by molar-refractivity contribution is -0.174. The summed E-state index contributed by atoms with van der Waals surface area (Å²) in [5.74, 6) is -1.54. The number of hydrogen-bond acceptors (Lipinski definition) is 7. The van der Waals surface area contributed by atoms with Gasteiger partial charge in [-0.25, -0.2) is 0 Å². The van der Waals surface area contributed by atoms with Crippen LogP contribution >= 0.6 is 0 Å². The van der Waals surface area contributed by atoms with Crippen LogP contribution in [0, 0.1) is 11.8 Å². The molecule has 7 heteroatoms. The summed E-state index contributed by atoms with van der Waals surface area (Å²) in [7, 11) is 0. The van der Waals surface area contributed by atoms with E-state index in [0.717, 1.165) is 0 Å². The van der Waals surface area contributed by atoms with Gasteiger partial charge in [0, 0.05) is 18.9 Å². The Balaban J connectivity index is 2.21. The molecule has 7 nitrogen and oxygen atoms in total. The van der Waals surface area contributed by atoms with Crippen molar-refractivity contribution in [2.24, 2.45) is 11.8 Å². The number of ether oxygens (including phenoxy) is 3. The Morgan fingerprint density at radius 1 is 1.50 bits per heavy atom. The number of carbonyl (C=O) groups is 3. The number of hydrogen-bond donors (Lipinski definition) is 1. The number of esters is 2. The summed E-state index contributed by atoms with van der Waals surface area (Å²) < 4.78 is 15.6. The maximum atomic E-state index is 11.9. The number of carbonyl (C=O) groups excluding carboxylic acids is 3. The first-order chi connectivity index (χ1) is 11.3. The molecule has 2 aliphatic rings. The number of allylic oxidation sites excluding steroid dienone is 1. The largest absolute Gasteiger partial charge is 0.461 e. The molecule has 0 saturated carbocycles. The summed E-state index contributed by atoms with van der Waals surface area (Å²) in [5.41, 5.74) is -0.686. The predicted molar refractivity (Wildman–Crippen MR) is 82.6 cm³/mol. The Labute approximate surface area is 140 Å². The molecule has 0 aromatic carbocycles. The van der Waals surface area contributed by atoms with Gasteiger partial charge < -0.3 is 19.3 Å². The van der Waals surface area contributed by atoms with Crippen molar-refractivity contribution < 1.29 is 33.7 Å². The third-order valence-electron chi connectivity index (χ3n) is 3.94. The molecule has 0 unspecified atom stereocenters. The van der Waals surface area contributed by atoms with Gasteiger partial charge in [0.25, 0.3) is 0 Å². The van der Waals surface area contributed by atoms with Crippen LogP contribution in [0.4, 0.5) is 0 Å². The molecule has 0 aromatic heterocycles. The van der Waals surface area contributed by atoms with Crippen molar-refractivity contribution in [3.8, 4) is 0 Å². The van der Waals surface area contributed by atoms with Crippen LogP contribution in [0.1, 0.15) is 27.2 Å². The molecule has 1 saturated heterocycles. The monoisotopic (exact) mass is 338 g/mol. The maximum absolute atomic E-state index is 11.9. The van der Waals surface area contributed by atoms with Crippen molar-refractivity contribution in [2.45, 2.75) is 39.1 Å². The van der Waals surface area contributed by atoms with Crippen molar-refractivity contribution in [1.82, 2.24) is 0 Å². The molecule has 1 aliphatic carbocycles. The van der Waals surface area contributed by atoms with Crippen molar-refractivity contribution in [2.75, 3.05) is 13.2 Å². The highest BCUT2D eigenvalue weighted by Crippen LogP contribution is 2.44. The molecule has 1 fully saturated rings. The summed E-state index contributed by atoms with van der Waals surface area (Å²) in [6.45, 7) is 4.76. The first-order valence-electron chi connectivity index (χ1n) is 7.81. The predicted octanol–water partition coefficient (Wildman–Crippen LogP) is 0.908. The fraction of sp³-hybridized carbons (Fsp3) is 0.588. The summed E-state index contributed by atoms with van der Waals surface area (Å²) >= 11 is 0. The van der Waals surface area contributed by atoms with E-state index in [1.807, 2.05) is 13.8 Å². The Kier molecular flexibility index (Phi) is 5.56. The Hall–Kier alpha value is -1.99. The van der Waals surface area contributed by atoms with Crippen LogP contribution in [0.15, 0.2) is 23.3 Å². The molecule has 0 spiro atoms. The average molecular weight is 338 g/mol. The first kappa shape index (κ1) is 18.4. The molecule has 1 N–H and O–H groups in total. The zero-order valence-electron chi connectivity index (χ0n) is 14.0. The zero-order chi connectivity index (χ0) is 17.9. The molecular formula is C17H22O7. The van der Waals surface area contributed by atoms with Gasteiger partial charge in [0.05, 0.1) is 12.5 Å². The van der Waals surface area contributed by atoms with E-state index in [9.17, 15) is 19.5 Å². The van der Waals surface area contributed by atoms with E-state index < -0.39 is 29.7 Å². The lowest BCUT2D eigenvalue weighted by atomic mass is 9.88. The number of aliphatic hydroxyl groups is 1. The average Bonchev–Trinajstić information content (AvgIpc) is 2.96. The van der Waals surface area contributed by atoms with Gasteiger partial charge in [0.15, 0.2) is 0 Å². The van der Waals surface area contributed by atoms with E-state index in [4.69, 9.17) is 14.2 Å². The van der Waals surface area contributed by atoms with Crippen LogP contribution in [-0.4, -0.2) is 48.4 Å². The summed E-state index contributed by atoms with van der Waals surface area (Å²) in [5, 5.41) is 10.6. The second-order valence-electron chi connectivity index (χ2n) is 6.45. The van der Waals surface area contributed by atoms with E-state index in [0.29, 0.717) is 11.9 Å². The van der Waals surface area contributed by atoms with Gasteiger partial charge in [-0.2, -0.15) is 0 Å². The SMILES string of the molecule is CC(=O)OC/C(C=O)=C1\C=C[C@]2(O)CO[C@@H](OC(=O)CC(C)C)[C@H]12. The second-order valence-corrected chi connectivity index (χ2v) is 6.45. The van der Waals surface area contributed by atoms with Gasteiger partial charge in [0.1, 0.15) is 18.5 Å². The number of aldehydes is 1. The fourth-order valence-electron chi connectivity index (χ4n) is 2.83. The fourth-order valence-corrected chi connectivity index (χ4v) is 2.83. The summed E-state index contributed by atoms with van der Waals surface area (Å²) in [6, 6.07) is 0. The summed E-state index contributed by atoms with van der Waals surface area (Å²) in [4.78, 5) is 34.2. The minimum atomic E-state index is -1.34. The highest BCUT2D eigenvalue weighted by molar-refractivity contribution is 5.78. The van der Waals surface area contributed by atoms with Crippen molar-refractivity contribution in [3.05, 3.63) is 23.3 Å². The lowest BCUT2D eigenvalue weighted by Gasteiger charge is -2.24. The van der Waals surface area contributed by atoms with Gasteiger partial charge in [-0.15, -0.1) is 0 Å². The minimum Gasteiger partial charge on any atom is -0.461 e. The van der Waals surface area contributed by atoms with Crippen LogP contribution in [0.2, 0.25) is 0 Å². The van der Waals surface area contributed by atoms with Crippen LogP contribution in [-0.2, 0) is 28.6 Å². The molecular weight excluding hydrogens is 316 g/mol. The lowest BCUT2D eigenvalue weighted by Crippen LogP contribution is -2.36. The Bertz CT molecular complexity index is 590. The van der Waals surface area contributed by atoms with Gasteiger partial charge in [0.2, 0.25) is 6.29 Å². The number of rotatable bonds is 6. The third kappa shape index (κ3) is 3.91. The van der Waals surface area contributed by atoms with E-state index in [-0.39, 0.29) is 31.1 Å². The third-order valence-corrected chi connectivity index (χ3v) is 3.94. The molecule has 1 heterocycles. The van der Waals surface area contributed by atoms with Gasteiger partial charge >= 0.3 is 11.9 Å². The van der Waals surface area contributed by atoms with Gasteiger partial charge in [-0.1, -0.05) is 19.9 Å². The molecule has 0 aromatic rings. The van der Waals surface area contributed by atoms with Gasteiger partial charge in [-0.05, 0) is 17.6 Å². The molecule has 0 radical (unpaired) electrons. The van der Waals surface area contributed by atoms with E-state index in [2.05, 4.69) is 0 Å². The quantitative estimate of drug-likeness (QED) is 0.436. The van der Waals surface area contributed by atoms with Crippen LogP contribution < -0.4 is 0 Å². The topological polar surface area (TPSA) is 99.1 Å². The standard InChI is InChI=1S/C17H22O7/c1-10(2)6-14(20)24-16-15-13(4-5-17(15,21)9-23-16)12(7-18)8-22-11(3)19/h4-5,7,10,15-16,21H,6,8-9H2,1-3H3/b13-12+/t15-,16-,17-/m0/s1. The molecule has 1 aliphatic heterocycles.